The molecule has 0 fully saturated rings. The van der Waals surface area contributed by atoms with Gasteiger partial charge in [0.2, 0.25) is 0 Å². The molecule has 5 heteroatoms. The van der Waals surface area contributed by atoms with Crippen LogP contribution in [0.5, 0.6) is 5.75 Å². The van der Waals surface area contributed by atoms with Gasteiger partial charge in [-0.05, 0) is 31.4 Å². The first-order valence-electron chi connectivity index (χ1n) is 8.08. The molecule has 0 saturated carbocycles. The molecule has 124 valence electrons. The predicted octanol–water partition coefficient (Wildman–Crippen LogP) is 2.99. The van der Waals surface area contributed by atoms with Gasteiger partial charge in [-0.2, -0.15) is 5.10 Å². The fraction of sp³-hybridized carbons (Fsp3) is 0.444. The van der Waals surface area contributed by atoms with E-state index in [-0.39, 0.29) is 5.91 Å². The minimum Gasteiger partial charge on any atom is -0.491 e. The number of aryl methyl sites for hydroxylation is 2. The number of hydrogen-bond acceptors (Lipinski definition) is 3. The third-order valence-corrected chi connectivity index (χ3v) is 4.05. The number of hydrogen-bond donors (Lipinski definition) is 1. The number of nitrogens with zero attached hydrogens (tertiary/aromatic N) is 2. The summed E-state index contributed by atoms with van der Waals surface area (Å²) in [5.74, 6) is 0.811. The van der Waals surface area contributed by atoms with Crippen LogP contribution in [0.15, 0.2) is 24.3 Å². The fourth-order valence-electron chi connectivity index (χ4n) is 2.50. The van der Waals surface area contributed by atoms with Crippen LogP contribution in [0, 0.1) is 6.92 Å². The molecule has 5 nitrogen and oxygen atoms in total. The van der Waals surface area contributed by atoms with Crippen molar-refractivity contribution in [3.05, 3.63) is 46.8 Å². The van der Waals surface area contributed by atoms with Gasteiger partial charge in [0.25, 0.3) is 5.91 Å². The molecule has 0 aliphatic heterocycles. The number of ether oxygens (including phenoxy) is 1. The van der Waals surface area contributed by atoms with E-state index in [1.165, 1.54) is 5.56 Å². The molecule has 2 aromatic rings. The minimum atomic E-state index is -0.0779. The molecule has 0 aliphatic rings. The zero-order valence-corrected chi connectivity index (χ0v) is 14.3. The molecule has 0 spiro atoms. The Balaban J connectivity index is 1.92. The number of benzene rings is 1. The van der Waals surface area contributed by atoms with Gasteiger partial charge in [0.1, 0.15) is 12.4 Å². The van der Waals surface area contributed by atoms with Crippen LogP contribution in [-0.2, 0) is 12.8 Å². The molecule has 0 unspecified atom stereocenters. The first kappa shape index (κ1) is 17.1. The molecule has 0 saturated heterocycles. The Morgan fingerprint density at radius 2 is 2.00 bits per heavy atom. The summed E-state index contributed by atoms with van der Waals surface area (Å²) in [5, 5.41) is 7.07. The summed E-state index contributed by atoms with van der Waals surface area (Å²) in [6.07, 6.45) is 1.77. The third-order valence-electron chi connectivity index (χ3n) is 4.05. The standard InChI is InChI=1S/C18H25N3O2/c1-5-14-9-7-8-10-16(14)23-12-11-21(4)18(22)17-13(3)15(6-2)19-20-17/h7-10H,5-6,11-12H2,1-4H3,(H,19,20). The van der Waals surface area contributed by atoms with Crippen molar-refractivity contribution < 1.29 is 9.53 Å². The molecular formula is C18H25N3O2. The molecule has 0 atom stereocenters. The van der Waals surface area contributed by atoms with Crippen molar-refractivity contribution in [3.8, 4) is 5.75 Å². The highest BCUT2D eigenvalue weighted by Gasteiger charge is 2.19. The van der Waals surface area contributed by atoms with Crippen LogP contribution in [0.25, 0.3) is 0 Å². The Morgan fingerprint density at radius 1 is 1.26 bits per heavy atom. The molecule has 1 amide bonds. The number of amides is 1. The maximum atomic E-state index is 12.4. The second kappa shape index (κ2) is 7.81. The molecule has 1 aromatic heterocycles. The highest BCUT2D eigenvalue weighted by Crippen LogP contribution is 2.18. The van der Waals surface area contributed by atoms with Gasteiger partial charge >= 0.3 is 0 Å². The van der Waals surface area contributed by atoms with Crippen molar-refractivity contribution in [2.24, 2.45) is 0 Å². The summed E-state index contributed by atoms with van der Waals surface area (Å²) in [5.41, 5.74) is 3.62. The van der Waals surface area contributed by atoms with E-state index in [2.05, 4.69) is 23.2 Å². The van der Waals surface area contributed by atoms with Crippen molar-refractivity contribution in [2.75, 3.05) is 20.2 Å². The summed E-state index contributed by atoms with van der Waals surface area (Å²) in [4.78, 5) is 14.1. The maximum absolute atomic E-state index is 12.4. The summed E-state index contributed by atoms with van der Waals surface area (Å²) in [6.45, 7) is 7.05. The largest absolute Gasteiger partial charge is 0.491 e. The Labute approximate surface area is 137 Å². The Bertz CT molecular complexity index is 664. The summed E-state index contributed by atoms with van der Waals surface area (Å²) >= 11 is 0. The zero-order chi connectivity index (χ0) is 16.8. The smallest absolute Gasteiger partial charge is 0.274 e. The first-order valence-corrected chi connectivity index (χ1v) is 8.08. The van der Waals surface area contributed by atoms with Gasteiger partial charge in [-0.3, -0.25) is 9.89 Å². The van der Waals surface area contributed by atoms with E-state index in [9.17, 15) is 4.79 Å². The zero-order valence-electron chi connectivity index (χ0n) is 14.3. The maximum Gasteiger partial charge on any atom is 0.274 e. The quantitative estimate of drug-likeness (QED) is 0.854. The van der Waals surface area contributed by atoms with E-state index in [1.807, 2.05) is 32.0 Å². The molecule has 0 radical (unpaired) electrons. The van der Waals surface area contributed by atoms with Crippen LogP contribution in [0.3, 0.4) is 0 Å². The number of rotatable bonds is 7. The number of likely N-dealkylation sites (N-methyl/N-ethyl adjacent to an activating group) is 1. The lowest BCUT2D eigenvalue weighted by molar-refractivity contribution is 0.0767. The Kier molecular flexibility index (Phi) is 5.79. The second-order valence-corrected chi connectivity index (χ2v) is 5.57. The van der Waals surface area contributed by atoms with Crippen LogP contribution in [0.2, 0.25) is 0 Å². The second-order valence-electron chi connectivity index (χ2n) is 5.57. The van der Waals surface area contributed by atoms with Gasteiger partial charge in [0.05, 0.1) is 6.54 Å². The Hall–Kier alpha value is -2.30. The Morgan fingerprint density at radius 3 is 2.65 bits per heavy atom. The SMILES string of the molecule is CCc1ccccc1OCCN(C)C(=O)c1n[nH]c(CC)c1C. The number of nitrogens with one attached hydrogen (secondary N) is 1. The topological polar surface area (TPSA) is 58.2 Å². The summed E-state index contributed by atoms with van der Waals surface area (Å²) in [7, 11) is 1.77. The van der Waals surface area contributed by atoms with Crippen molar-refractivity contribution in [1.29, 1.82) is 0 Å². The highest BCUT2D eigenvalue weighted by molar-refractivity contribution is 5.93. The van der Waals surface area contributed by atoms with E-state index in [0.29, 0.717) is 18.8 Å². The third kappa shape index (κ3) is 3.92. The fourth-order valence-corrected chi connectivity index (χ4v) is 2.50. The minimum absolute atomic E-state index is 0.0779. The molecule has 2 rings (SSSR count). The molecular weight excluding hydrogens is 290 g/mol. The van der Waals surface area contributed by atoms with E-state index >= 15 is 0 Å². The normalized spacial score (nSPS) is 10.6. The molecule has 1 N–H and O–H groups in total. The van der Waals surface area contributed by atoms with Crippen molar-refractivity contribution in [3.63, 3.8) is 0 Å². The first-order chi connectivity index (χ1) is 11.1. The van der Waals surface area contributed by atoms with E-state index in [1.54, 1.807) is 11.9 Å². The van der Waals surface area contributed by atoms with Crippen LogP contribution >= 0.6 is 0 Å². The summed E-state index contributed by atoms with van der Waals surface area (Å²) < 4.78 is 5.82. The number of aromatic nitrogens is 2. The number of para-hydroxylation sites is 1. The van der Waals surface area contributed by atoms with Gasteiger partial charge in [0.15, 0.2) is 5.69 Å². The molecule has 1 heterocycles. The average molecular weight is 315 g/mol. The number of carbonyl (C=O) groups is 1. The van der Waals surface area contributed by atoms with Crippen LogP contribution < -0.4 is 4.74 Å². The van der Waals surface area contributed by atoms with E-state index < -0.39 is 0 Å². The van der Waals surface area contributed by atoms with Gasteiger partial charge in [0, 0.05) is 18.3 Å². The molecule has 1 aromatic carbocycles. The molecule has 0 aliphatic carbocycles. The number of carbonyl (C=O) groups excluding carboxylic acids is 1. The lowest BCUT2D eigenvalue weighted by Gasteiger charge is -2.17. The highest BCUT2D eigenvalue weighted by atomic mass is 16.5. The monoisotopic (exact) mass is 315 g/mol. The van der Waals surface area contributed by atoms with Gasteiger partial charge in [-0.15, -0.1) is 0 Å². The van der Waals surface area contributed by atoms with Crippen LogP contribution in [-0.4, -0.2) is 41.2 Å². The lowest BCUT2D eigenvalue weighted by Crippen LogP contribution is -2.31. The van der Waals surface area contributed by atoms with Gasteiger partial charge < -0.3 is 9.64 Å². The molecule has 23 heavy (non-hydrogen) atoms. The average Bonchev–Trinajstić information content (AvgIpc) is 2.95. The van der Waals surface area contributed by atoms with E-state index in [0.717, 1.165) is 29.8 Å². The van der Waals surface area contributed by atoms with Gasteiger partial charge in [-0.1, -0.05) is 32.0 Å². The van der Waals surface area contributed by atoms with Crippen molar-refractivity contribution >= 4 is 5.91 Å². The summed E-state index contributed by atoms with van der Waals surface area (Å²) in [6, 6.07) is 7.99. The van der Waals surface area contributed by atoms with Crippen LogP contribution in [0.1, 0.15) is 41.2 Å². The van der Waals surface area contributed by atoms with Gasteiger partial charge in [-0.25, -0.2) is 0 Å². The number of aromatic amines is 1. The predicted molar refractivity (Wildman–Crippen MR) is 91.0 cm³/mol. The lowest BCUT2D eigenvalue weighted by atomic mass is 10.1. The van der Waals surface area contributed by atoms with Crippen molar-refractivity contribution in [2.45, 2.75) is 33.6 Å². The number of H-pyrrole nitrogens is 1. The van der Waals surface area contributed by atoms with Crippen molar-refractivity contribution in [1.82, 2.24) is 15.1 Å². The van der Waals surface area contributed by atoms with Crippen LogP contribution in [0.4, 0.5) is 0 Å². The molecule has 0 bridgehead atoms. The van der Waals surface area contributed by atoms with E-state index in [4.69, 9.17) is 4.74 Å².